The number of benzene rings is 1. The average molecular weight is 290 g/mol. The minimum atomic E-state index is -3.31. The summed E-state index contributed by atoms with van der Waals surface area (Å²) in [6, 6.07) is 9.80. The van der Waals surface area contributed by atoms with E-state index in [0.29, 0.717) is 11.1 Å². The third-order valence-corrected chi connectivity index (χ3v) is 3.95. The number of sulfone groups is 1. The fourth-order valence-electron chi connectivity index (χ4n) is 1.79. The molecular weight excluding hydrogens is 276 g/mol. The fraction of sp³-hybridized carbons (Fsp3) is 0.143. The zero-order valence-electron chi connectivity index (χ0n) is 10.9. The molecule has 6 heteroatoms. The Balaban J connectivity index is 2.15. The van der Waals surface area contributed by atoms with Gasteiger partial charge in [-0.25, -0.2) is 8.42 Å². The van der Waals surface area contributed by atoms with Gasteiger partial charge in [-0.1, -0.05) is 18.2 Å². The molecule has 0 radical (unpaired) electrons. The molecule has 0 atom stereocenters. The summed E-state index contributed by atoms with van der Waals surface area (Å²) in [5.74, 6) is -0.268. The third-order valence-electron chi connectivity index (χ3n) is 2.75. The molecule has 0 unspecified atom stereocenters. The van der Waals surface area contributed by atoms with Crippen LogP contribution in [0, 0.1) is 0 Å². The summed E-state index contributed by atoms with van der Waals surface area (Å²) in [4.78, 5) is 16.0. The number of rotatable bonds is 4. The Kier molecular flexibility index (Phi) is 4.14. The van der Waals surface area contributed by atoms with Crippen LogP contribution in [-0.2, 0) is 16.4 Å². The number of hydrogen-bond donors (Lipinski definition) is 1. The molecule has 0 aliphatic rings. The van der Waals surface area contributed by atoms with E-state index in [0.717, 1.165) is 6.26 Å². The maximum absolute atomic E-state index is 11.9. The lowest BCUT2D eigenvalue weighted by molar-refractivity contribution is 0.0950. The fourth-order valence-corrected chi connectivity index (χ4v) is 2.73. The molecule has 1 amide bonds. The molecule has 1 aromatic carbocycles. The summed E-state index contributed by atoms with van der Waals surface area (Å²) >= 11 is 0. The number of amides is 1. The Morgan fingerprint density at radius 1 is 1.15 bits per heavy atom. The van der Waals surface area contributed by atoms with Gasteiger partial charge in [-0.2, -0.15) is 0 Å². The molecule has 0 fully saturated rings. The number of carbonyl (C=O) groups is 1. The summed E-state index contributed by atoms with van der Waals surface area (Å²) in [6.45, 7) is 0.157. The van der Waals surface area contributed by atoms with Crippen LogP contribution in [0.1, 0.15) is 15.9 Å². The van der Waals surface area contributed by atoms with E-state index in [1.807, 2.05) is 0 Å². The van der Waals surface area contributed by atoms with Crippen LogP contribution < -0.4 is 5.32 Å². The monoisotopic (exact) mass is 290 g/mol. The summed E-state index contributed by atoms with van der Waals surface area (Å²) in [5, 5.41) is 2.70. The number of nitrogens with zero attached hydrogens (tertiary/aromatic N) is 1. The first-order valence-corrected chi connectivity index (χ1v) is 7.84. The first kappa shape index (κ1) is 14.2. The van der Waals surface area contributed by atoms with E-state index in [-0.39, 0.29) is 17.3 Å². The largest absolute Gasteiger partial charge is 0.348 e. The lowest BCUT2D eigenvalue weighted by atomic mass is 10.2. The smallest absolute Gasteiger partial charge is 0.251 e. The highest BCUT2D eigenvalue weighted by molar-refractivity contribution is 7.90. The van der Waals surface area contributed by atoms with E-state index < -0.39 is 9.84 Å². The van der Waals surface area contributed by atoms with Crippen LogP contribution in [-0.4, -0.2) is 25.6 Å². The van der Waals surface area contributed by atoms with Crippen molar-refractivity contribution in [3.63, 3.8) is 0 Å². The predicted molar refractivity (Wildman–Crippen MR) is 75.0 cm³/mol. The molecule has 1 heterocycles. The second-order valence-corrected chi connectivity index (χ2v) is 6.28. The number of nitrogens with one attached hydrogen (secondary N) is 1. The van der Waals surface area contributed by atoms with E-state index >= 15 is 0 Å². The van der Waals surface area contributed by atoms with Crippen molar-refractivity contribution < 1.29 is 13.2 Å². The molecule has 104 valence electrons. The van der Waals surface area contributed by atoms with Crippen molar-refractivity contribution in [2.24, 2.45) is 0 Å². The molecule has 1 aromatic heterocycles. The van der Waals surface area contributed by atoms with Gasteiger partial charge in [0, 0.05) is 30.8 Å². The van der Waals surface area contributed by atoms with Gasteiger partial charge < -0.3 is 5.32 Å². The Morgan fingerprint density at radius 3 is 2.45 bits per heavy atom. The Hall–Kier alpha value is -2.21. The van der Waals surface area contributed by atoms with Crippen LogP contribution in [0.5, 0.6) is 0 Å². The molecule has 20 heavy (non-hydrogen) atoms. The van der Waals surface area contributed by atoms with Crippen LogP contribution in [0.2, 0.25) is 0 Å². The minimum Gasteiger partial charge on any atom is -0.348 e. The molecule has 5 nitrogen and oxygen atoms in total. The first-order valence-electron chi connectivity index (χ1n) is 5.94. The summed E-state index contributed by atoms with van der Waals surface area (Å²) < 4.78 is 23.3. The number of aromatic nitrogens is 1. The van der Waals surface area contributed by atoms with Crippen molar-refractivity contribution >= 4 is 15.7 Å². The van der Waals surface area contributed by atoms with Crippen molar-refractivity contribution in [3.05, 3.63) is 59.9 Å². The minimum absolute atomic E-state index is 0.157. The van der Waals surface area contributed by atoms with Crippen molar-refractivity contribution in [1.82, 2.24) is 10.3 Å². The Bertz CT molecular complexity index is 712. The Morgan fingerprint density at radius 2 is 1.80 bits per heavy atom. The second-order valence-electron chi connectivity index (χ2n) is 4.30. The van der Waals surface area contributed by atoms with E-state index in [1.165, 1.54) is 18.5 Å². The van der Waals surface area contributed by atoms with E-state index in [9.17, 15) is 13.2 Å². The van der Waals surface area contributed by atoms with Gasteiger partial charge in [-0.15, -0.1) is 0 Å². The molecule has 0 spiro atoms. The first-order chi connectivity index (χ1) is 9.48. The van der Waals surface area contributed by atoms with Gasteiger partial charge in [-0.3, -0.25) is 9.78 Å². The van der Waals surface area contributed by atoms with Crippen LogP contribution in [0.3, 0.4) is 0 Å². The number of hydrogen-bond acceptors (Lipinski definition) is 4. The second kappa shape index (κ2) is 5.83. The molecule has 0 bridgehead atoms. The van der Waals surface area contributed by atoms with Gasteiger partial charge >= 0.3 is 0 Å². The number of carbonyl (C=O) groups excluding carboxylic acids is 1. The van der Waals surface area contributed by atoms with Gasteiger partial charge in [0.1, 0.15) is 0 Å². The van der Waals surface area contributed by atoms with E-state index in [4.69, 9.17) is 0 Å². The third kappa shape index (κ3) is 3.42. The zero-order chi connectivity index (χ0) is 14.6. The molecule has 0 aliphatic heterocycles. The molecule has 2 rings (SSSR count). The molecular formula is C14H14N2O3S. The molecule has 2 aromatic rings. The summed E-state index contributed by atoms with van der Waals surface area (Å²) in [6.07, 6.45) is 4.20. The van der Waals surface area contributed by atoms with Gasteiger partial charge in [0.15, 0.2) is 9.84 Å². The van der Waals surface area contributed by atoms with Crippen molar-refractivity contribution in [2.75, 3.05) is 6.26 Å². The van der Waals surface area contributed by atoms with E-state index in [2.05, 4.69) is 10.3 Å². The van der Waals surface area contributed by atoms with Crippen LogP contribution in [0.15, 0.2) is 53.7 Å². The van der Waals surface area contributed by atoms with Crippen LogP contribution >= 0.6 is 0 Å². The van der Waals surface area contributed by atoms with Crippen molar-refractivity contribution in [3.8, 4) is 0 Å². The van der Waals surface area contributed by atoms with E-state index in [1.54, 1.807) is 30.3 Å². The van der Waals surface area contributed by atoms with Crippen molar-refractivity contribution in [1.29, 1.82) is 0 Å². The molecule has 0 aliphatic carbocycles. The van der Waals surface area contributed by atoms with Gasteiger partial charge in [-0.05, 0) is 23.8 Å². The average Bonchev–Trinajstić information content (AvgIpc) is 2.45. The normalized spacial score (nSPS) is 11.1. The van der Waals surface area contributed by atoms with Crippen LogP contribution in [0.25, 0.3) is 0 Å². The lowest BCUT2D eigenvalue weighted by Crippen LogP contribution is -2.23. The summed E-state index contributed by atoms with van der Waals surface area (Å²) in [5.41, 5.74) is 1.05. The quantitative estimate of drug-likeness (QED) is 0.924. The highest BCUT2D eigenvalue weighted by atomic mass is 32.2. The zero-order valence-corrected chi connectivity index (χ0v) is 11.7. The highest BCUT2D eigenvalue weighted by Gasteiger charge is 2.13. The maximum Gasteiger partial charge on any atom is 0.251 e. The van der Waals surface area contributed by atoms with Gasteiger partial charge in [0.2, 0.25) is 0 Å². The summed E-state index contributed by atoms with van der Waals surface area (Å²) in [7, 11) is -3.31. The molecule has 1 N–H and O–H groups in total. The highest BCUT2D eigenvalue weighted by Crippen LogP contribution is 2.15. The lowest BCUT2D eigenvalue weighted by Gasteiger charge is -2.09. The number of pyridine rings is 1. The topological polar surface area (TPSA) is 76.1 Å². The molecule has 0 saturated carbocycles. The predicted octanol–water partition coefficient (Wildman–Crippen LogP) is 1.42. The van der Waals surface area contributed by atoms with Crippen LogP contribution in [0.4, 0.5) is 0 Å². The molecule has 0 saturated heterocycles. The maximum atomic E-state index is 11.9. The van der Waals surface area contributed by atoms with Gasteiger partial charge in [0.25, 0.3) is 5.91 Å². The SMILES string of the molecule is CS(=O)(=O)c1ccccc1CNC(=O)c1ccncc1. The van der Waals surface area contributed by atoms with Crippen molar-refractivity contribution in [2.45, 2.75) is 11.4 Å². The standard InChI is InChI=1S/C14H14N2O3S/c1-20(18,19)13-5-3-2-4-12(13)10-16-14(17)11-6-8-15-9-7-11/h2-9H,10H2,1H3,(H,16,17). The Labute approximate surface area is 117 Å². The van der Waals surface area contributed by atoms with Gasteiger partial charge in [0.05, 0.1) is 4.90 Å².